The molecule has 3 heteroatoms. The standard InChI is InChI=1S/C17H15ClN2/c1-12-17(14-8-5-9-15(18)11-14)20-16(19-12)10-13-6-3-2-4-7-13/h2-9,11H,10H2,1H3,(H,19,20). The van der Waals surface area contributed by atoms with Crippen LogP contribution in [0.1, 0.15) is 17.1 Å². The molecule has 1 aromatic heterocycles. The third kappa shape index (κ3) is 2.75. The number of benzene rings is 2. The summed E-state index contributed by atoms with van der Waals surface area (Å²) in [6.45, 7) is 2.04. The monoisotopic (exact) mass is 282 g/mol. The Morgan fingerprint density at radius 3 is 2.60 bits per heavy atom. The summed E-state index contributed by atoms with van der Waals surface area (Å²) >= 11 is 6.05. The van der Waals surface area contributed by atoms with Crippen LogP contribution in [0.2, 0.25) is 5.02 Å². The molecule has 3 aromatic rings. The lowest BCUT2D eigenvalue weighted by atomic mass is 10.1. The minimum Gasteiger partial charge on any atom is -0.345 e. The Balaban J connectivity index is 1.91. The summed E-state index contributed by atoms with van der Waals surface area (Å²) in [5.74, 6) is 0.976. The van der Waals surface area contributed by atoms with Gasteiger partial charge in [-0.2, -0.15) is 0 Å². The molecule has 0 saturated carbocycles. The zero-order valence-electron chi connectivity index (χ0n) is 11.2. The van der Waals surface area contributed by atoms with Crippen molar-refractivity contribution in [2.75, 3.05) is 0 Å². The van der Waals surface area contributed by atoms with Crippen LogP contribution in [0.25, 0.3) is 11.3 Å². The normalized spacial score (nSPS) is 10.7. The van der Waals surface area contributed by atoms with Gasteiger partial charge in [-0.05, 0) is 24.6 Å². The van der Waals surface area contributed by atoms with Gasteiger partial charge in [0.2, 0.25) is 0 Å². The van der Waals surface area contributed by atoms with E-state index in [-0.39, 0.29) is 0 Å². The van der Waals surface area contributed by atoms with Crippen LogP contribution in [0.15, 0.2) is 54.6 Å². The van der Waals surface area contributed by atoms with E-state index in [0.29, 0.717) is 0 Å². The smallest absolute Gasteiger partial charge is 0.111 e. The summed E-state index contributed by atoms with van der Waals surface area (Å²) < 4.78 is 0. The van der Waals surface area contributed by atoms with E-state index < -0.39 is 0 Å². The molecule has 3 rings (SSSR count). The highest BCUT2D eigenvalue weighted by molar-refractivity contribution is 6.30. The van der Waals surface area contributed by atoms with E-state index in [1.165, 1.54) is 5.56 Å². The Morgan fingerprint density at radius 1 is 1.05 bits per heavy atom. The highest BCUT2D eigenvalue weighted by Crippen LogP contribution is 2.24. The maximum absolute atomic E-state index is 6.05. The number of nitrogens with one attached hydrogen (secondary N) is 1. The first-order chi connectivity index (χ1) is 9.72. The van der Waals surface area contributed by atoms with Crippen LogP contribution >= 0.6 is 11.6 Å². The minimum atomic E-state index is 0.731. The fourth-order valence-corrected chi connectivity index (χ4v) is 2.50. The third-order valence-electron chi connectivity index (χ3n) is 3.25. The van der Waals surface area contributed by atoms with Gasteiger partial charge in [-0.3, -0.25) is 0 Å². The molecule has 0 amide bonds. The summed E-state index contributed by atoms with van der Waals surface area (Å²) in [5.41, 5.74) is 4.33. The molecule has 1 heterocycles. The Labute approximate surface area is 123 Å². The average molecular weight is 283 g/mol. The van der Waals surface area contributed by atoms with E-state index >= 15 is 0 Å². The summed E-state index contributed by atoms with van der Waals surface area (Å²) in [4.78, 5) is 8.06. The second-order valence-corrected chi connectivity index (χ2v) is 5.27. The fourth-order valence-electron chi connectivity index (χ4n) is 2.31. The zero-order valence-corrected chi connectivity index (χ0v) is 12.0. The van der Waals surface area contributed by atoms with Gasteiger partial charge < -0.3 is 4.98 Å². The molecule has 100 valence electrons. The van der Waals surface area contributed by atoms with E-state index in [4.69, 9.17) is 16.6 Å². The average Bonchev–Trinajstić information content (AvgIpc) is 2.81. The molecular formula is C17H15ClN2. The lowest BCUT2D eigenvalue weighted by molar-refractivity contribution is 1.02. The van der Waals surface area contributed by atoms with Crippen molar-refractivity contribution in [2.45, 2.75) is 13.3 Å². The zero-order chi connectivity index (χ0) is 13.9. The first-order valence-electron chi connectivity index (χ1n) is 6.58. The van der Waals surface area contributed by atoms with Gasteiger partial charge in [0.05, 0.1) is 5.69 Å². The van der Waals surface area contributed by atoms with Gasteiger partial charge in [0, 0.05) is 22.7 Å². The number of halogens is 1. The minimum absolute atomic E-state index is 0.731. The third-order valence-corrected chi connectivity index (χ3v) is 3.48. The topological polar surface area (TPSA) is 28.7 Å². The number of imidazole rings is 1. The van der Waals surface area contributed by atoms with Crippen LogP contribution in [0.4, 0.5) is 0 Å². The number of H-pyrrole nitrogens is 1. The summed E-state index contributed by atoms with van der Waals surface area (Å²) in [5, 5.41) is 0.731. The predicted octanol–water partition coefficient (Wildman–Crippen LogP) is 4.63. The van der Waals surface area contributed by atoms with Crippen molar-refractivity contribution in [2.24, 2.45) is 0 Å². The van der Waals surface area contributed by atoms with Gasteiger partial charge in [-0.15, -0.1) is 0 Å². The highest BCUT2D eigenvalue weighted by atomic mass is 35.5. The molecule has 0 bridgehead atoms. The second-order valence-electron chi connectivity index (χ2n) is 4.83. The first-order valence-corrected chi connectivity index (χ1v) is 6.95. The first kappa shape index (κ1) is 12.9. The number of rotatable bonds is 3. The molecule has 0 aliphatic rings. The van der Waals surface area contributed by atoms with Crippen molar-refractivity contribution in [1.29, 1.82) is 0 Å². The molecule has 0 aliphatic heterocycles. The van der Waals surface area contributed by atoms with Gasteiger partial charge in [-0.25, -0.2) is 4.98 Å². The van der Waals surface area contributed by atoms with Crippen LogP contribution < -0.4 is 0 Å². The van der Waals surface area contributed by atoms with Crippen molar-refractivity contribution < 1.29 is 0 Å². The maximum atomic E-state index is 6.05. The SMILES string of the molecule is Cc1[nH]c(Cc2ccccc2)nc1-c1cccc(Cl)c1. The van der Waals surface area contributed by atoms with Gasteiger partial charge in [0.15, 0.2) is 0 Å². The number of nitrogens with zero attached hydrogens (tertiary/aromatic N) is 1. The summed E-state index contributed by atoms with van der Waals surface area (Å²) in [7, 11) is 0. The van der Waals surface area contributed by atoms with Crippen molar-refractivity contribution in [1.82, 2.24) is 9.97 Å². The number of aryl methyl sites for hydroxylation is 1. The molecule has 0 aliphatic carbocycles. The quantitative estimate of drug-likeness (QED) is 0.745. The van der Waals surface area contributed by atoms with E-state index in [1.807, 2.05) is 49.4 Å². The Hall–Kier alpha value is -2.06. The molecular weight excluding hydrogens is 268 g/mol. The molecule has 0 atom stereocenters. The van der Waals surface area contributed by atoms with E-state index in [9.17, 15) is 0 Å². The summed E-state index contributed by atoms with van der Waals surface area (Å²) in [6, 6.07) is 18.1. The molecule has 0 fully saturated rings. The van der Waals surface area contributed by atoms with E-state index in [1.54, 1.807) is 0 Å². The Kier molecular flexibility index (Phi) is 3.57. The fraction of sp³-hybridized carbons (Fsp3) is 0.118. The molecule has 1 N–H and O–H groups in total. The van der Waals surface area contributed by atoms with Crippen molar-refractivity contribution in [3.63, 3.8) is 0 Å². The molecule has 2 aromatic carbocycles. The van der Waals surface area contributed by atoms with Crippen molar-refractivity contribution in [3.8, 4) is 11.3 Å². The number of aromatic nitrogens is 2. The van der Waals surface area contributed by atoms with Crippen LogP contribution in [0.3, 0.4) is 0 Å². The highest BCUT2D eigenvalue weighted by Gasteiger charge is 2.09. The molecule has 2 nitrogen and oxygen atoms in total. The van der Waals surface area contributed by atoms with Gasteiger partial charge in [-0.1, -0.05) is 54.1 Å². The van der Waals surface area contributed by atoms with Crippen LogP contribution in [0, 0.1) is 6.92 Å². The van der Waals surface area contributed by atoms with E-state index in [0.717, 1.165) is 34.2 Å². The molecule has 0 unspecified atom stereocenters. The maximum Gasteiger partial charge on any atom is 0.111 e. The van der Waals surface area contributed by atoms with Gasteiger partial charge in [0.1, 0.15) is 5.82 Å². The largest absolute Gasteiger partial charge is 0.345 e. The van der Waals surface area contributed by atoms with Gasteiger partial charge >= 0.3 is 0 Å². The lowest BCUT2D eigenvalue weighted by Crippen LogP contribution is -1.90. The molecule has 0 spiro atoms. The van der Waals surface area contributed by atoms with Gasteiger partial charge in [0.25, 0.3) is 0 Å². The van der Waals surface area contributed by atoms with Crippen molar-refractivity contribution >= 4 is 11.6 Å². The molecule has 20 heavy (non-hydrogen) atoms. The van der Waals surface area contributed by atoms with Crippen LogP contribution in [-0.4, -0.2) is 9.97 Å². The van der Waals surface area contributed by atoms with Crippen LogP contribution in [-0.2, 0) is 6.42 Å². The number of hydrogen-bond acceptors (Lipinski definition) is 1. The van der Waals surface area contributed by atoms with Crippen LogP contribution in [0.5, 0.6) is 0 Å². The van der Waals surface area contributed by atoms with Crippen molar-refractivity contribution in [3.05, 3.63) is 76.7 Å². The Morgan fingerprint density at radius 2 is 1.85 bits per heavy atom. The summed E-state index contributed by atoms with van der Waals surface area (Å²) in [6.07, 6.45) is 0.808. The van der Waals surface area contributed by atoms with E-state index in [2.05, 4.69) is 17.1 Å². The predicted molar refractivity (Wildman–Crippen MR) is 83.0 cm³/mol. The Bertz CT molecular complexity index is 717. The number of aromatic amines is 1. The molecule has 0 radical (unpaired) electrons. The molecule has 0 saturated heterocycles. The number of hydrogen-bond donors (Lipinski definition) is 1. The second kappa shape index (κ2) is 5.51. The lowest BCUT2D eigenvalue weighted by Gasteiger charge is -1.99.